The van der Waals surface area contributed by atoms with Gasteiger partial charge in [0.25, 0.3) is 0 Å². The fourth-order valence-corrected chi connectivity index (χ4v) is 2.75. The second kappa shape index (κ2) is 5.42. The molecule has 0 bridgehead atoms. The van der Waals surface area contributed by atoms with E-state index in [2.05, 4.69) is 0 Å². The molecule has 7 nitrogen and oxygen atoms in total. The van der Waals surface area contributed by atoms with Crippen molar-refractivity contribution in [1.29, 1.82) is 0 Å². The van der Waals surface area contributed by atoms with Gasteiger partial charge in [0.2, 0.25) is 5.79 Å². The second-order valence-corrected chi connectivity index (χ2v) is 6.13. The van der Waals surface area contributed by atoms with Crippen LogP contribution in [0.25, 0.3) is 0 Å². The molecule has 0 aliphatic carbocycles. The summed E-state index contributed by atoms with van der Waals surface area (Å²) in [6, 6.07) is 0. The topological polar surface area (TPSA) is 86.6 Å². The third kappa shape index (κ3) is 3.10. The number of hydrogen-bond donors (Lipinski definition) is 2. The van der Waals surface area contributed by atoms with Crippen LogP contribution >= 0.6 is 0 Å². The third-order valence-corrected chi connectivity index (χ3v) is 3.54. The molecule has 3 aliphatic heterocycles. The molecule has 3 rings (SSSR count). The van der Waals surface area contributed by atoms with E-state index in [1.54, 1.807) is 27.7 Å². The zero-order valence-corrected chi connectivity index (χ0v) is 13.5. The number of hydrogen-bond acceptors (Lipinski definition) is 7. The van der Waals surface area contributed by atoms with Gasteiger partial charge in [0.1, 0.15) is 12.2 Å². The average Bonchev–Trinajstić information content (AvgIpc) is 2.94. The summed E-state index contributed by atoms with van der Waals surface area (Å²) >= 11 is 0. The van der Waals surface area contributed by atoms with Gasteiger partial charge in [-0.3, -0.25) is 0 Å². The Bertz CT molecular complexity index is 380. The third-order valence-electron chi connectivity index (χ3n) is 3.54. The zero-order chi connectivity index (χ0) is 16.1. The molecule has 21 heavy (non-hydrogen) atoms. The molecule has 4 atom stereocenters. The molecule has 0 aromatic carbocycles. The summed E-state index contributed by atoms with van der Waals surface area (Å²) in [5.41, 5.74) is 0. The molecule has 0 aromatic heterocycles. The predicted octanol–water partition coefficient (Wildman–Crippen LogP) is 0.721. The zero-order valence-electron chi connectivity index (χ0n) is 13.5. The molecule has 3 heterocycles. The summed E-state index contributed by atoms with van der Waals surface area (Å²) in [4.78, 5) is 0. The first-order chi connectivity index (χ1) is 9.61. The van der Waals surface area contributed by atoms with E-state index in [-0.39, 0.29) is 6.61 Å². The van der Waals surface area contributed by atoms with Gasteiger partial charge in [0, 0.05) is 0 Å². The Morgan fingerprint density at radius 1 is 0.857 bits per heavy atom. The molecule has 3 fully saturated rings. The van der Waals surface area contributed by atoms with Gasteiger partial charge in [-0.1, -0.05) is 13.8 Å². The van der Waals surface area contributed by atoms with E-state index in [9.17, 15) is 10.2 Å². The molecule has 3 aliphatic rings. The molecule has 2 unspecified atom stereocenters. The van der Waals surface area contributed by atoms with E-state index in [4.69, 9.17) is 23.7 Å². The largest absolute Gasteiger partial charge is 0.361 e. The van der Waals surface area contributed by atoms with Crippen molar-refractivity contribution in [2.24, 2.45) is 0 Å². The van der Waals surface area contributed by atoms with E-state index in [1.165, 1.54) is 0 Å². The molecule has 0 amide bonds. The van der Waals surface area contributed by atoms with E-state index >= 15 is 0 Å². The number of rotatable bonds is 1. The van der Waals surface area contributed by atoms with Crippen LogP contribution in [-0.4, -0.2) is 58.8 Å². The van der Waals surface area contributed by atoms with Crippen LogP contribution in [0.2, 0.25) is 0 Å². The van der Waals surface area contributed by atoms with Crippen LogP contribution in [0.15, 0.2) is 0 Å². The van der Waals surface area contributed by atoms with Crippen LogP contribution in [-0.2, 0) is 23.7 Å². The molecule has 3 saturated heterocycles. The summed E-state index contributed by atoms with van der Waals surface area (Å²) < 4.78 is 27.6. The Balaban J connectivity index is 0.000000774. The Labute approximate surface area is 125 Å². The maximum atomic E-state index is 10.3. The summed E-state index contributed by atoms with van der Waals surface area (Å²) in [5, 5.41) is 20.6. The lowest BCUT2D eigenvalue weighted by atomic mass is 10.0. The van der Waals surface area contributed by atoms with Gasteiger partial charge in [-0.15, -0.1) is 0 Å². The fraction of sp³-hybridized carbons (Fsp3) is 1.00. The van der Waals surface area contributed by atoms with Crippen LogP contribution in [0.1, 0.15) is 41.5 Å². The standard InChI is InChI=1S/C12H20O7.C2H6/c1-10(2)15-5-6(17-10)7-12(13,14)8-9(16-7)19-11(3,4)18-8;1-2/h6-9,13-14H,5H2,1-4H3;1-2H3/t6?,7?,8-,9+;/m0./s1. The molecule has 0 spiro atoms. The summed E-state index contributed by atoms with van der Waals surface area (Å²) in [6.45, 7) is 11.1. The van der Waals surface area contributed by atoms with E-state index in [1.807, 2.05) is 13.8 Å². The van der Waals surface area contributed by atoms with Gasteiger partial charge in [-0.05, 0) is 27.7 Å². The first-order valence-corrected chi connectivity index (χ1v) is 7.38. The Kier molecular flexibility index (Phi) is 4.41. The van der Waals surface area contributed by atoms with E-state index < -0.39 is 42.0 Å². The maximum Gasteiger partial charge on any atom is 0.225 e. The van der Waals surface area contributed by atoms with Gasteiger partial charge in [-0.2, -0.15) is 0 Å². The quantitative estimate of drug-likeness (QED) is 0.690. The Morgan fingerprint density at radius 2 is 1.48 bits per heavy atom. The van der Waals surface area contributed by atoms with Crippen molar-refractivity contribution in [2.75, 3.05) is 6.61 Å². The highest BCUT2D eigenvalue weighted by Crippen LogP contribution is 2.44. The highest BCUT2D eigenvalue weighted by atomic mass is 16.9. The van der Waals surface area contributed by atoms with Gasteiger partial charge in [0.15, 0.2) is 24.0 Å². The minimum atomic E-state index is -2.17. The van der Waals surface area contributed by atoms with Crippen molar-refractivity contribution >= 4 is 0 Å². The van der Waals surface area contributed by atoms with Crippen molar-refractivity contribution in [1.82, 2.24) is 0 Å². The first kappa shape index (κ1) is 17.1. The maximum absolute atomic E-state index is 10.3. The van der Waals surface area contributed by atoms with Crippen molar-refractivity contribution in [3.8, 4) is 0 Å². The SMILES string of the molecule is CC.CC1(C)OCC(C2O[C@@H]3OC(C)(C)O[C@@H]3C2(O)O)O1. The molecule has 124 valence electrons. The lowest BCUT2D eigenvalue weighted by Gasteiger charge is -2.31. The molecule has 2 N–H and O–H groups in total. The Hall–Kier alpha value is -0.280. The van der Waals surface area contributed by atoms with Gasteiger partial charge < -0.3 is 33.9 Å². The minimum Gasteiger partial charge on any atom is -0.361 e. The molecular formula is C14H26O7. The lowest BCUT2D eigenvalue weighted by molar-refractivity contribution is -0.297. The van der Waals surface area contributed by atoms with Crippen LogP contribution in [0.5, 0.6) is 0 Å². The van der Waals surface area contributed by atoms with Gasteiger partial charge >= 0.3 is 0 Å². The average molecular weight is 306 g/mol. The van der Waals surface area contributed by atoms with Crippen molar-refractivity contribution in [2.45, 2.75) is 83.5 Å². The molecule has 0 saturated carbocycles. The normalized spacial score (nSPS) is 42.3. The van der Waals surface area contributed by atoms with Crippen molar-refractivity contribution in [3.05, 3.63) is 0 Å². The van der Waals surface area contributed by atoms with Crippen LogP contribution in [0, 0.1) is 0 Å². The minimum absolute atomic E-state index is 0.226. The van der Waals surface area contributed by atoms with Gasteiger partial charge in [0.05, 0.1) is 6.61 Å². The second-order valence-electron chi connectivity index (χ2n) is 6.13. The fourth-order valence-electron chi connectivity index (χ4n) is 2.75. The smallest absolute Gasteiger partial charge is 0.225 e. The van der Waals surface area contributed by atoms with Gasteiger partial charge in [-0.25, -0.2) is 0 Å². The van der Waals surface area contributed by atoms with E-state index in [0.29, 0.717) is 0 Å². The highest BCUT2D eigenvalue weighted by Gasteiger charge is 2.65. The Morgan fingerprint density at radius 3 is 1.95 bits per heavy atom. The number of aliphatic hydroxyl groups is 2. The lowest BCUT2D eigenvalue weighted by Crippen LogP contribution is -2.54. The molecule has 7 heteroatoms. The highest BCUT2D eigenvalue weighted by molar-refractivity contribution is 5.02. The van der Waals surface area contributed by atoms with Crippen LogP contribution in [0.3, 0.4) is 0 Å². The predicted molar refractivity (Wildman–Crippen MR) is 72.1 cm³/mol. The van der Waals surface area contributed by atoms with Crippen molar-refractivity contribution < 1.29 is 33.9 Å². The van der Waals surface area contributed by atoms with Crippen molar-refractivity contribution in [3.63, 3.8) is 0 Å². The number of ether oxygens (including phenoxy) is 5. The number of fused-ring (bicyclic) bond motifs is 1. The molecule has 0 radical (unpaired) electrons. The first-order valence-electron chi connectivity index (χ1n) is 7.38. The summed E-state index contributed by atoms with van der Waals surface area (Å²) in [7, 11) is 0. The van der Waals surface area contributed by atoms with Crippen LogP contribution in [0.4, 0.5) is 0 Å². The molecule has 0 aromatic rings. The summed E-state index contributed by atoms with van der Waals surface area (Å²) in [6.07, 6.45) is -3.33. The monoisotopic (exact) mass is 306 g/mol. The van der Waals surface area contributed by atoms with Crippen LogP contribution < -0.4 is 0 Å². The molecular weight excluding hydrogens is 280 g/mol. The summed E-state index contributed by atoms with van der Waals surface area (Å²) in [5.74, 6) is -3.83. The van der Waals surface area contributed by atoms with E-state index in [0.717, 1.165) is 0 Å².